The molecule has 0 aliphatic rings. The fourth-order valence-corrected chi connectivity index (χ4v) is 1.90. The number of carbonyl (C=O) groups is 1. The highest BCUT2D eigenvalue weighted by Crippen LogP contribution is 2.24. The predicted octanol–water partition coefficient (Wildman–Crippen LogP) is 2.22. The lowest BCUT2D eigenvalue weighted by atomic mass is 10.1. The number of ether oxygens (including phenoxy) is 2. The number of methoxy groups -OCH3 is 2. The van der Waals surface area contributed by atoms with Gasteiger partial charge in [0, 0.05) is 18.3 Å². The van der Waals surface area contributed by atoms with Gasteiger partial charge < -0.3 is 20.5 Å². The Hall–Kier alpha value is -2.69. The molecule has 1 amide bonds. The zero-order chi connectivity index (χ0) is 15.2. The number of nitrogens with two attached hydrogens (primary N) is 1. The molecule has 3 N–H and O–H groups in total. The monoisotopic (exact) mass is 286 g/mol. The molecule has 2 aromatic carbocycles. The molecular formula is C16H18N2O3. The van der Waals surface area contributed by atoms with Crippen molar-refractivity contribution in [3.8, 4) is 11.5 Å². The molecule has 0 fully saturated rings. The van der Waals surface area contributed by atoms with Gasteiger partial charge in [-0.05, 0) is 29.8 Å². The molecule has 0 aromatic heterocycles. The summed E-state index contributed by atoms with van der Waals surface area (Å²) in [6, 6.07) is 12.4. The fourth-order valence-electron chi connectivity index (χ4n) is 1.90. The van der Waals surface area contributed by atoms with E-state index in [1.165, 1.54) is 7.11 Å². The Morgan fingerprint density at radius 1 is 1.10 bits per heavy atom. The van der Waals surface area contributed by atoms with E-state index in [2.05, 4.69) is 5.32 Å². The van der Waals surface area contributed by atoms with E-state index in [1.807, 2.05) is 12.1 Å². The second kappa shape index (κ2) is 6.65. The van der Waals surface area contributed by atoms with Crippen LogP contribution < -0.4 is 20.5 Å². The van der Waals surface area contributed by atoms with Crippen LogP contribution in [0.2, 0.25) is 0 Å². The Balaban J connectivity index is 2.07. The third-order valence-corrected chi connectivity index (χ3v) is 3.09. The molecular weight excluding hydrogens is 268 g/mol. The SMILES string of the molecule is COc1ccc(C(=O)NCc2ccc(N)cc2)c(OC)c1. The van der Waals surface area contributed by atoms with E-state index in [0.717, 1.165) is 5.56 Å². The first-order chi connectivity index (χ1) is 10.1. The average molecular weight is 286 g/mol. The van der Waals surface area contributed by atoms with Crippen LogP contribution in [0.5, 0.6) is 11.5 Å². The van der Waals surface area contributed by atoms with Crippen LogP contribution in [0.3, 0.4) is 0 Å². The van der Waals surface area contributed by atoms with Crippen LogP contribution in [-0.4, -0.2) is 20.1 Å². The summed E-state index contributed by atoms with van der Waals surface area (Å²) in [7, 11) is 3.08. The lowest BCUT2D eigenvalue weighted by Crippen LogP contribution is -2.23. The molecule has 2 aromatic rings. The number of carbonyl (C=O) groups excluding carboxylic acids is 1. The van der Waals surface area contributed by atoms with Gasteiger partial charge in [-0.25, -0.2) is 0 Å². The number of nitrogens with one attached hydrogen (secondary N) is 1. The highest BCUT2D eigenvalue weighted by atomic mass is 16.5. The van der Waals surface area contributed by atoms with Crippen LogP contribution in [0.1, 0.15) is 15.9 Å². The van der Waals surface area contributed by atoms with Crippen LogP contribution in [0.4, 0.5) is 5.69 Å². The molecule has 0 aliphatic heterocycles. The summed E-state index contributed by atoms with van der Waals surface area (Å²) < 4.78 is 10.3. The number of benzene rings is 2. The Morgan fingerprint density at radius 3 is 2.43 bits per heavy atom. The van der Waals surface area contributed by atoms with Crippen molar-refractivity contribution < 1.29 is 14.3 Å². The van der Waals surface area contributed by atoms with Crippen LogP contribution in [-0.2, 0) is 6.54 Å². The zero-order valence-corrected chi connectivity index (χ0v) is 12.1. The number of amides is 1. The number of anilines is 1. The normalized spacial score (nSPS) is 10.0. The molecule has 21 heavy (non-hydrogen) atoms. The quantitative estimate of drug-likeness (QED) is 0.827. The van der Waals surface area contributed by atoms with Gasteiger partial charge in [0.2, 0.25) is 0 Å². The number of hydrogen-bond acceptors (Lipinski definition) is 4. The van der Waals surface area contributed by atoms with E-state index in [1.54, 1.807) is 37.4 Å². The van der Waals surface area contributed by atoms with E-state index in [9.17, 15) is 4.79 Å². The first kappa shape index (κ1) is 14.7. The maximum absolute atomic E-state index is 12.2. The smallest absolute Gasteiger partial charge is 0.255 e. The lowest BCUT2D eigenvalue weighted by molar-refractivity contribution is 0.0948. The van der Waals surface area contributed by atoms with E-state index in [4.69, 9.17) is 15.2 Å². The molecule has 0 saturated heterocycles. The van der Waals surface area contributed by atoms with E-state index < -0.39 is 0 Å². The molecule has 2 rings (SSSR count). The summed E-state index contributed by atoms with van der Waals surface area (Å²) in [5.41, 5.74) is 7.76. The first-order valence-corrected chi connectivity index (χ1v) is 6.48. The van der Waals surface area contributed by atoms with E-state index in [0.29, 0.717) is 29.3 Å². The van der Waals surface area contributed by atoms with Gasteiger partial charge in [-0.3, -0.25) is 4.79 Å². The zero-order valence-electron chi connectivity index (χ0n) is 12.1. The number of rotatable bonds is 5. The summed E-state index contributed by atoms with van der Waals surface area (Å²) in [5, 5.41) is 2.85. The molecule has 5 nitrogen and oxygen atoms in total. The minimum Gasteiger partial charge on any atom is -0.497 e. The van der Waals surface area contributed by atoms with Crippen molar-refractivity contribution in [3.63, 3.8) is 0 Å². The second-order valence-corrected chi connectivity index (χ2v) is 4.49. The van der Waals surface area contributed by atoms with Crippen molar-refractivity contribution in [2.45, 2.75) is 6.54 Å². The fraction of sp³-hybridized carbons (Fsp3) is 0.188. The van der Waals surface area contributed by atoms with Crippen molar-refractivity contribution in [3.05, 3.63) is 53.6 Å². The second-order valence-electron chi connectivity index (χ2n) is 4.49. The third kappa shape index (κ3) is 3.66. The molecule has 0 radical (unpaired) electrons. The Morgan fingerprint density at radius 2 is 1.81 bits per heavy atom. The summed E-state index contributed by atoms with van der Waals surface area (Å²) in [5.74, 6) is 0.914. The first-order valence-electron chi connectivity index (χ1n) is 6.48. The molecule has 0 unspecified atom stereocenters. The van der Waals surface area contributed by atoms with Gasteiger partial charge >= 0.3 is 0 Å². The van der Waals surface area contributed by atoms with Gasteiger partial charge in [0.1, 0.15) is 11.5 Å². The van der Waals surface area contributed by atoms with Crippen molar-refractivity contribution in [2.24, 2.45) is 0 Å². The summed E-state index contributed by atoms with van der Waals surface area (Å²) >= 11 is 0. The van der Waals surface area contributed by atoms with E-state index >= 15 is 0 Å². The summed E-state index contributed by atoms with van der Waals surface area (Å²) in [6.07, 6.45) is 0. The van der Waals surface area contributed by atoms with Crippen LogP contribution >= 0.6 is 0 Å². The van der Waals surface area contributed by atoms with Gasteiger partial charge in [0.25, 0.3) is 5.91 Å². The highest BCUT2D eigenvalue weighted by molar-refractivity contribution is 5.97. The molecule has 5 heteroatoms. The predicted molar refractivity (Wildman–Crippen MR) is 81.6 cm³/mol. The van der Waals surface area contributed by atoms with Crippen molar-refractivity contribution in [1.29, 1.82) is 0 Å². The van der Waals surface area contributed by atoms with Crippen molar-refractivity contribution >= 4 is 11.6 Å². The maximum atomic E-state index is 12.2. The summed E-state index contributed by atoms with van der Waals surface area (Å²) in [4.78, 5) is 12.2. The molecule has 0 aliphatic carbocycles. The summed E-state index contributed by atoms with van der Waals surface area (Å²) in [6.45, 7) is 0.425. The largest absolute Gasteiger partial charge is 0.497 e. The molecule has 0 spiro atoms. The Labute approximate surface area is 123 Å². The lowest BCUT2D eigenvalue weighted by Gasteiger charge is -2.11. The average Bonchev–Trinajstić information content (AvgIpc) is 2.53. The van der Waals surface area contributed by atoms with Gasteiger partial charge in [0.05, 0.1) is 19.8 Å². The van der Waals surface area contributed by atoms with E-state index in [-0.39, 0.29) is 5.91 Å². The van der Waals surface area contributed by atoms with Crippen LogP contribution in [0.25, 0.3) is 0 Å². The minimum atomic E-state index is -0.202. The molecule has 0 saturated carbocycles. The highest BCUT2D eigenvalue weighted by Gasteiger charge is 2.12. The minimum absolute atomic E-state index is 0.202. The van der Waals surface area contributed by atoms with Crippen molar-refractivity contribution in [1.82, 2.24) is 5.32 Å². The van der Waals surface area contributed by atoms with Crippen molar-refractivity contribution in [2.75, 3.05) is 20.0 Å². The molecule has 0 bridgehead atoms. The van der Waals surface area contributed by atoms with Gasteiger partial charge in [-0.1, -0.05) is 12.1 Å². The number of nitrogen functional groups attached to an aromatic ring is 1. The standard InChI is InChI=1S/C16H18N2O3/c1-20-13-7-8-14(15(9-13)21-2)16(19)18-10-11-3-5-12(17)6-4-11/h3-9H,10,17H2,1-2H3,(H,18,19). The van der Waals surface area contributed by atoms with Gasteiger partial charge in [-0.2, -0.15) is 0 Å². The van der Waals surface area contributed by atoms with Crippen LogP contribution in [0.15, 0.2) is 42.5 Å². The maximum Gasteiger partial charge on any atom is 0.255 e. The molecule has 0 atom stereocenters. The van der Waals surface area contributed by atoms with Crippen LogP contribution in [0, 0.1) is 0 Å². The third-order valence-electron chi connectivity index (χ3n) is 3.09. The van der Waals surface area contributed by atoms with Gasteiger partial charge in [-0.15, -0.1) is 0 Å². The number of hydrogen-bond donors (Lipinski definition) is 2. The Kier molecular flexibility index (Phi) is 4.66. The Bertz CT molecular complexity index is 624. The molecule has 110 valence electrons. The topological polar surface area (TPSA) is 73.6 Å². The van der Waals surface area contributed by atoms with Gasteiger partial charge in [0.15, 0.2) is 0 Å². The molecule has 0 heterocycles.